The van der Waals surface area contributed by atoms with Crippen LogP contribution in [0.5, 0.6) is 0 Å². The van der Waals surface area contributed by atoms with E-state index >= 15 is 0 Å². The van der Waals surface area contributed by atoms with Gasteiger partial charge in [0.05, 0.1) is 5.56 Å². The minimum Gasteiger partial charge on any atom is -0.458 e. The Morgan fingerprint density at radius 1 is 1.18 bits per heavy atom. The molecule has 2 unspecified atom stereocenters. The van der Waals surface area contributed by atoms with Gasteiger partial charge in [0.2, 0.25) is 5.91 Å². The zero-order valence-electron chi connectivity index (χ0n) is 16.4. The summed E-state index contributed by atoms with van der Waals surface area (Å²) in [5.74, 6) is -1.32. The third kappa shape index (κ3) is 2.81. The van der Waals surface area contributed by atoms with Crippen LogP contribution < -0.4 is 0 Å². The molecule has 1 aromatic heterocycles. The molecule has 0 aliphatic carbocycles. The molecule has 0 saturated heterocycles. The smallest absolute Gasteiger partial charge is 0.226 e. The van der Waals surface area contributed by atoms with Crippen LogP contribution in [-0.2, 0) is 11.2 Å². The van der Waals surface area contributed by atoms with Crippen molar-refractivity contribution >= 4 is 16.9 Å². The molecule has 1 amide bonds. The molecular formula is C23H23F2NO2. The van der Waals surface area contributed by atoms with Gasteiger partial charge in [-0.25, -0.2) is 8.78 Å². The van der Waals surface area contributed by atoms with Gasteiger partial charge in [-0.3, -0.25) is 4.79 Å². The molecule has 1 aliphatic rings. The Labute approximate surface area is 162 Å². The standard InChI is InChI=1S/C23H23F2NO2/c1-12(2)23(27)26-14(4)11-16-15-7-5-6-8-19(15)28-22(16)21(26)20-17(24)9-13(3)10-18(20)25/h5-10,12,14,21H,11H2,1-4H3. The highest BCUT2D eigenvalue weighted by atomic mass is 19.1. The van der Waals surface area contributed by atoms with Gasteiger partial charge in [-0.1, -0.05) is 32.0 Å². The van der Waals surface area contributed by atoms with E-state index in [4.69, 9.17) is 4.42 Å². The fraction of sp³-hybridized carbons (Fsp3) is 0.348. The number of hydrogen-bond acceptors (Lipinski definition) is 2. The van der Waals surface area contributed by atoms with Crippen molar-refractivity contribution in [3.8, 4) is 0 Å². The van der Waals surface area contributed by atoms with E-state index in [0.717, 1.165) is 10.9 Å². The van der Waals surface area contributed by atoms with Crippen molar-refractivity contribution in [3.05, 3.63) is 70.5 Å². The molecule has 0 fully saturated rings. The second-order valence-corrected chi connectivity index (χ2v) is 7.94. The SMILES string of the molecule is Cc1cc(F)c(C2c3oc4ccccc4c3CC(C)N2C(=O)C(C)C)c(F)c1. The van der Waals surface area contributed by atoms with Crippen LogP contribution in [-0.4, -0.2) is 16.8 Å². The molecule has 0 saturated carbocycles. The maximum Gasteiger partial charge on any atom is 0.226 e. The van der Waals surface area contributed by atoms with Gasteiger partial charge >= 0.3 is 0 Å². The summed E-state index contributed by atoms with van der Waals surface area (Å²) in [6.07, 6.45) is 0.580. The number of amides is 1. The van der Waals surface area contributed by atoms with E-state index in [-0.39, 0.29) is 23.4 Å². The van der Waals surface area contributed by atoms with Crippen LogP contribution in [0, 0.1) is 24.5 Å². The van der Waals surface area contributed by atoms with Gasteiger partial charge in [0.25, 0.3) is 0 Å². The second kappa shape index (κ2) is 6.73. The van der Waals surface area contributed by atoms with Gasteiger partial charge in [0.15, 0.2) is 0 Å². The first-order chi connectivity index (χ1) is 13.3. The Morgan fingerprint density at radius 3 is 2.46 bits per heavy atom. The molecule has 0 N–H and O–H groups in total. The molecule has 0 bridgehead atoms. The first-order valence-electron chi connectivity index (χ1n) is 9.57. The molecule has 1 aliphatic heterocycles. The van der Waals surface area contributed by atoms with Crippen LogP contribution in [0.1, 0.15) is 49.3 Å². The van der Waals surface area contributed by atoms with E-state index in [0.29, 0.717) is 23.3 Å². The molecule has 0 radical (unpaired) electrons. The van der Waals surface area contributed by atoms with Crippen molar-refractivity contribution in [2.24, 2.45) is 5.92 Å². The Morgan fingerprint density at radius 2 is 1.82 bits per heavy atom. The molecule has 3 nitrogen and oxygen atoms in total. The largest absolute Gasteiger partial charge is 0.458 e. The van der Waals surface area contributed by atoms with Crippen LogP contribution in [0.3, 0.4) is 0 Å². The minimum atomic E-state index is -0.929. The van der Waals surface area contributed by atoms with Gasteiger partial charge in [0.1, 0.15) is 29.0 Å². The number of carbonyl (C=O) groups is 1. The van der Waals surface area contributed by atoms with Crippen LogP contribution in [0.25, 0.3) is 11.0 Å². The van der Waals surface area contributed by atoms with E-state index in [1.54, 1.807) is 25.7 Å². The summed E-state index contributed by atoms with van der Waals surface area (Å²) < 4.78 is 36.1. The lowest BCUT2D eigenvalue weighted by Crippen LogP contribution is -2.48. The number of fused-ring (bicyclic) bond motifs is 3. The summed E-state index contributed by atoms with van der Waals surface area (Å²) in [6.45, 7) is 7.15. The molecule has 2 heterocycles. The summed E-state index contributed by atoms with van der Waals surface area (Å²) in [6, 6.07) is 9.02. The summed E-state index contributed by atoms with van der Waals surface area (Å²) >= 11 is 0. The Kier molecular flexibility index (Phi) is 4.48. The fourth-order valence-electron chi connectivity index (χ4n) is 4.21. The number of benzene rings is 2. The number of halogens is 2. The van der Waals surface area contributed by atoms with Crippen molar-refractivity contribution in [2.45, 2.75) is 46.2 Å². The normalized spacial score (nSPS) is 19.3. The van der Waals surface area contributed by atoms with Crippen molar-refractivity contribution in [1.29, 1.82) is 0 Å². The third-order valence-electron chi connectivity index (χ3n) is 5.48. The number of furan rings is 1. The lowest BCUT2D eigenvalue weighted by molar-refractivity contribution is -0.139. The number of rotatable bonds is 2. The molecule has 3 aromatic rings. The maximum absolute atomic E-state index is 15.0. The lowest BCUT2D eigenvalue weighted by Gasteiger charge is -2.41. The molecular weight excluding hydrogens is 360 g/mol. The molecule has 4 rings (SSSR count). The summed E-state index contributed by atoms with van der Waals surface area (Å²) in [5.41, 5.74) is 1.94. The second-order valence-electron chi connectivity index (χ2n) is 7.94. The van der Waals surface area contributed by atoms with Crippen LogP contribution in [0.4, 0.5) is 8.78 Å². The fourth-order valence-corrected chi connectivity index (χ4v) is 4.21. The van der Waals surface area contributed by atoms with Crippen molar-refractivity contribution < 1.29 is 18.0 Å². The van der Waals surface area contributed by atoms with Crippen LogP contribution in [0.2, 0.25) is 0 Å². The van der Waals surface area contributed by atoms with E-state index < -0.39 is 17.7 Å². The van der Waals surface area contributed by atoms with Gasteiger partial charge in [-0.05, 0) is 44.0 Å². The van der Waals surface area contributed by atoms with Gasteiger partial charge in [-0.15, -0.1) is 0 Å². The topological polar surface area (TPSA) is 33.5 Å². The average Bonchev–Trinajstić information content (AvgIpc) is 2.98. The molecule has 28 heavy (non-hydrogen) atoms. The minimum absolute atomic E-state index is 0.133. The van der Waals surface area contributed by atoms with E-state index in [1.165, 1.54) is 12.1 Å². The van der Waals surface area contributed by atoms with Crippen molar-refractivity contribution in [3.63, 3.8) is 0 Å². The first-order valence-corrected chi connectivity index (χ1v) is 9.57. The lowest BCUT2D eigenvalue weighted by atomic mass is 9.87. The quantitative estimate of drug-likeness (QED) is 0.582. The summed E-state index contributed by atoms with van der Waals surface area (Å²) in [7, 11) is 0. The van der Waals surface area contributed by atoms with E-state index in [9.17, 15) is 13.6 Å². The summed E-state index contributed by atoms with van der Waals surface area (Å²) in [5, 5.41) is 0.930. The number of hydrogen-bond donors (Lipinski definition) is 0. The number of aryl methyl sites for hydroxylation is 1. The predicted octanol–water partition coefficient (Wildman–Crippen LogP) is 5.54. The first kappa shape index (κ1) is 18.7. The highest BCUT2D eigenvalue weighted by molar-refractivity contribution is 5.85. The van der Waals surface area contributed by atoms with Crippen molar-refractivity contribution in [2.75, 3.05) is 0 Å². The highest BCUT2D eigenvalue weighted by Gasteiger charge is 2.43. The Hall–Kier alpha value is -2.69. The average molecular weight is 383 g/mol. The zero-order chi connectivity index (χ0) is 20.2. The monoisotopic (exact) mass is 383 g/mol. The third-order valence-corrected chi connectivity index (χ3v) is 5.48. The molecule has 0 spiro atoms. The van der Waals surface area contributed by atoms with Gasteiger partial charge in [-0.2, -0.15) is 0 Å². The summed E-state index contributed by atoms with van der Waals surface area (Å²) in [4.78, 5) is 14.6. The number of nitrogens with zero attached hydrogens (tertiary/aromatic N) is 1. The molecule has 5 heteroatoms. The Balaban J connectivity index is 2.02. The van der Waals surface area contributed by atoms with E-state index in [1.807, 2.05) is 31.2 Å². The zero-order valence-corrected chi connectivity index (χ0v) is 16.4. The van der Waals surface area contributed by atoms with Crippen LogP contribution >= 0.6 is 0 Å². The number of carbonyl (C=O) groups excluding carboxylic acids is 1. The highest BCUT2D eigenvalue weighted by Crippen LogP contribution is 2.44. The molecule has 146 valence electrons. The molecule has 2 atom stereocenters. The van der Waals surface area contributed by atoms with Gasteiger partial charge < -0.3 is 9.32 Å². The predicted molar refractivity (Wildman–Crippen MR) is 104 cm³/mol. The van der Waals surface area contributed by atoms with Crippen molar-refractivity contribution in [1.82, 2.24) is 4.90 Å². The van der Waals surface area contributed by atoms with Gasteiger partial charge in [0, 0.05) is 22.9 Å². The Bertz CT molecular complexity index is 1050. The number of para-hydroxylation sites is 1. The maximum atomic E-state index is 15.0. The van der Waals surface area contributed by atoms with E-state index in [2.05, 4.69) is 0 Å². The molecule has 2 aromatic carbocycles. The van der Waals surface area contributed by atoms with Crippen LogP contribution in [0.15, 0.2) is 40.8 Å².